The van der Waals surface area contributed by atoms with Crippen LogP contribution >= 0.6 is 27.5 Å². The van der Waals surface area contributed by atoms with Crippen LogP contribution in [0.1, 0.15) is 17.2 Å². The predicted octanol–water partition coefficient (Wildman–Crippen LogP) is 4.96. The first-order chi connectivity index (χ1) is 10.2. The van der Waals surface area contributed by atoms with Crippen LogP contribution in [-0.4, -0.2) is 12.0 Å². The number of nitrogens with zero attached hydrogens (tertiary/aromatic N) is 1. The van der Waals surface area contributed by atoms with Crippen molar-refractivity contribution in [2.75, 3.05) is 7.05 Å². The number of fused-ring (bicyclic) bond motifs is 1. The van der Waals surface area contributed by atoms with Gasteiger partial charge in [-0.1, -0.05) is 51.8 Å². The molecule has 4 heteroatoms. The summed E-state index contributed by atoms with van der Waals surface area (Å²) in [6.45, 7) is 0. The number of pyridine rings is 1. The van der Waals surface area contributed by atoms with E-state index in [1.807, 2.05) is 37.5 Å². The van der Waals surface area contributed by atoms with Gasteiger partial charge in [-0.25, -0.2) is 0 Å². The first-order valence-corrected chi connectivity index (χ1v) is 7.83. The number of benzene rings is 2. The average Bonchev–Trinajstić information content (AvgIpc) is 2.50. The van der Waals surface area contributed by atoms with Gasteiger partial charge in [0.2, 0.25) is 0 Å². The van der Waals surface area contributed by atoms with E-state index >= 15 is 0 Å². The summed E-state index contributed by atoms with van der Waals surface area (Å²) in [5.74, 6) is 0. The van der Waals surface area contributed by atoms with Gasteiger partial charge in [-0.2, -0.15) is 0 Å². The summed E-state index contributed by atoms with van der Waals surface area (Å²) in [6, 6.07) is 16.3. The number of hydrogen-bond donors (Lipinski definition) is 1. The average molecular weight is 362 g/mol. The number of hydrogen-bond acceptors (Lipinski definition) is 2. The highest BCUT2D eigenvalue weighted by Crippen LogP contribution is 2.31. The molecule has 1 N–H and O–H groups in total. The molecule has 2 nitrogen and oxygen atoms in total. The van der Waals surface area contributed by atoms with Crippen LogP contribution in [0.2, 0.25) is 5.02 Å². The van der Waals surface area contributed by atoms with Crippen LogP contribution in [0.3, 0.4) is 0 Å². The molecule has 3 rings (SSSR count). The zero-order valence-corrected chi connectivity index (χ0v) is 13.8. The molecule has 0 amide bonds. The summed E-state index contributed by atoms with van der Waals surface area (Å²) in [5, 5.41) is 5.21. The van der Waals surface area contributed by atoms with E-state index in [0.29, 0.717) is 0 Å². The number of nitrogens with one attached hydrogen (secondary N) is 1. The van der Waals surface area contributed by atoms with Crippen LogP contribution in [0.25, 0.3) is 10.9 Å². The second-order valence-electron chi connectivity index (χ2n) is 4.84. The van der Waals surface area contributed by atoms with Gasteiger partial charge in [0.1, 0.15) is 0 Å². The first-order valence-electron chi connectivity index (χ1n) is 6.66. The topological polar surface area (TPSA) is 24.9 Å². The van der Waals surface area contributed by atoms with Crippen molar-refractivity contribution in [3.8, 4) is 0 Å². The molecule has 0 fully saturated rings. The molecule has 1 atom stereocenters. The Kier molecular flexibility index (Phi) is 4.24. The number of aromatic nitrogens is 1. The van der Waals surface area contributed by atoms with E-state index in [1.165, 1.54) is 0 Å². The number of rotatable bonds is 3. The Hall–Kier alpha value is -1.42. The van der Waals surface area contributed by atoms with Crippen molar-refractivity contribution in [1.82, 2.24) is 10.3 Å². The molecule has 0 saturated carbocycles. The monoisotopic (exact) mass is 360 g/mol. The third-order valence-corrected chi connectivity index (χ3v) is 4.35. The lowest BCUT2D eigenvalue weighted by Gasteiger charge is -2.19. The van der Waals surface area contributed by atoms with Crippen LogP contribution in [0.15, 0.2) is 59.2 Å². The largest absolute Gasteiger partial charge is 0.309 e. The Morgan fingerprint density at radius 2 is 2.00 bits per heavy atom. The standard InChI is InChI=1S/C17H14BrClN2/c1-20-17(14-7-6-13(18)10-15(14)19)12-5-4-11-3-2-8-21-16(11)9-12/h2-10,17,20H,1H3. The van der Waals surface area contributed by atoms with Gasteiger partial charge >= 0.3 is 0 Å². The third kappa shape index (κ3) is 2.95. The van der Waals surface area contributed by atoms with Crippen LogP contribution in [-0.2, 0) is 0 Å². The summed E-state index contributed by atoms with van der Waals surface area (Å²) in [7, 11) is 1.94. The lowest BCUT2D eigenvalue weighted by atomic mass is 9.97. The van der Waals surface area contributed by atoms with Crippen LogP contribution < -0.4 is 5.32 Å². The Balaban J connectivity index is 2.09. The van der Waals surface area contributed by atoms with E-state index < -0.39 is 0 Å². The van der Waals surface area contributed by atoms with E-state index in [9.17, 15) is 0 Å². The fourth-order valence-electron chi connectivity index (χ4n) is 2.50. The predicted molar refractivity (Wildman–Crippen MR) is 91.8 cm³/mol. The van der Waals surface area contributed by atoms with Crippen LogP contribution in [0.5, 0.6) is 0 Å². The normalized spacial score (nSPS) is 12.5. The van der Waals surface area contributed by atoms with Gasteiger partial charge in [0.25, 0.3) is 0 Å². The van der Waals surface area contributed by atoms with E-state index in [2.05, 4.69) is 50.5 Å². The van der Waals surface area contributed by atoms with Crippen molar-refractivity contribution in [3.05, 3.63) is 75.4 Å². The first kappa shape index (κ1) is 14.5. The lowest BCUT2D eigenvalue weighted by molar-refractivity contribution is 0.692. The van der Waals surface area contributed by atoms with Gasteiger partial charge in [-0.05, 0) is 42.4 Å². The highest BCUT2D eigenvalue weighted by molar-refractivity contribution is 9.10. The van der Waals surface area contributed by atoms with Gasteiger partial charge in [-0.15, -0.1) is 0 Å². The molecular formula is C17H14BrClN2. The molecule has 0 saturated heterocycles. The second kappa shape index (κ2) is 6.14. The molecule has 0 aliphatic carbocycles. The lowest BCUT2D eigenvalue weighted by Crippen LogP contribution is -2.18. The van der Waals surface area contributed by atoms with E-state index in [1.54, 1.807) is 0 Å². The SMILES string of the molecule is CNC(c1ccc2cccnc2c1)c1ccc(Br)cc1Cl. The molecule has 1 aromatic heterocycles. The zero-order chi connectivity index (χ0) is 14.8. The van der Waals surface area contributed by atoms with Gasteiger partial charge in [0, 0.05) is 21.1 Å². The van der Waals surface area contributed by atoms with Crippen LogP contribution in [0, 0.1) is 0 Å². The Bertz CT molecular complexity index is 789. The highest BCUT2D eigenvalue weighted by atomic mass is 79.9. The van der Waals surface area contributed by atoms with Crippen molar-refractivity contribution in [2.45, 2.75) is 6.04 Å². The van der Waals surface area contributed by atoms with Gasteiger partial charge in [-0.3, -0.25) is 4.98 Å². The molecule has 1 unspecified atom stereocenters. The van der Waals surface area contributed by atoms with Crippen molar-refractivity contribution in [3.63, 3.8) is 0 Å². The van der Waals surface area contributed by atoms with Crippen molar-refractivity contribution in [2.24, 2.45) is 0 Å². The fourth-order valence-corrected chi connectivity index (χ4v) is 3.28. The summed E-state index contributed by atoms with van der Waals surface area (Å²) in [5.41, 5.74) is 3.19. The maximum Gasteiger partial charge on any atom is 0.0705 e. The van der Waals surface area contributed by atoms with Crippen molar-refractivity contribution < 1.29 is 0 Å². The zero-order valence-electron chi connectivity index (χ0n) is 11.5. The Labute approximate surface area is 137 Å². The van der Waals surface area contributed by atoms with E-state index in [4.69, 9.17) is 11.6 Å². The summed E-state index contributed by atoms with van der Waals surface area (Å²) >= 11 is 9.83. The summed E-state index contributed by atoms with van der Waals surface area (Å²) in [6.07, 6.45) is 1.81. The molecule has 0 aliphatic heterocycles. The fraction of sp³-hybridized carbons (Fsp3) is 0.118. The van der Waals surface area contributed by atoms with E-state index in [0.717, 1.165) is 31.5 Å². The van der Waals surface area contributed by atoms with E-state index in [-0.39, 0.29) is 6.04 Å². The minimum Gasteiger partial charge on any atom is -0.309 e. The summed E-state index contributed by atoms with van der Waals surface area (Å²) in [4.78, 5) is 4.42. The molecule has 106 valence electrons. The minimum atomic E-state index is 0.0389. The number of halogens is 2. The molecule has 3 aromatic rings. The summed E-state index contributed by atoms with van der Waals surface area (Å²) < 4.78 is 0.978. The van der Waals surface area contributed by atoms with Crippen molar-refractivity contribution >= 4 is 38.4 Å². The second-order valence-corrected chi connectivity index (χ2v) is 6.17. The van der Waals surface area contributed by atoms with Gasteiger partial charge in [0.05, 0.1) is 11.6 Å². The molecular weight excluding hydrogens is 348 g/mol. The maximum atomic E-state index is 6.39. The molecule has 21 heavy (non-hydrogen) atoms. The molecule has 0 aliphatic rings. The van der Waals surface area contributed by atoms with Crippen LogP contribution in [0.4, 0.5) is 0 Å². The Morgan fingerprint density at radius 3 is 2.76 bits per heavy atom. The molecule has 0 bridgehead atoms. The molecule has 2 aromatic carbocycles. The highest BCUT2D eigenvalue weighted by Gasteiger charge is 2.15. The quantitative estimate of drug-likeness (QED) is 0.713. The maximum absolute atomic E-state index is 6.39. The van der Waals surface area contributed by atoms with Crippen molar-refractivity contribution in [1.29, 1.82) is 0 Å². The third-order valence-electron chi connectivity index (χ3n) is 3.53. The van der Waals surface area contributed by atoms with Gasteiger partial charge in [0.15, 0.2) is 0 Å². The molecule has 1 heterocycles. The molecule has 0 spiro atoms. The minimum absolute atomic E-state index is 0.0389. The molecule has 0 radical (unpaired) electrons. The van der Waals surface area contributed by atoms with Gasteiger partial charge < -0.3 is 5.32 Å². The Morgan fingerprint density at radius 1 is 1.14 bits per heavy atom. The smallest absolute Gasteiger partial charge is 0.0705 e.